The van der Waals surface area contributed by atoms with E-state index in [4.69, 9.17) is 4.74 Å². The smallest absolute Gasteiger partial charge is 0.408 e. The van der Waals surface area contributed by atoms with Crippen LogP contribution in [0, 0.1) is 13.8 Å². The lowest BCUT2D eigenvalue weighted by molar-refractivity contribution is -0.146. The third-order valence-corrected chi connectivity index (χ3v) is 6.07. The van der Waals surface area contributed by atoms with Gasteiger partial charge in [0.1, 0.15) is 30.0 Å². The molecular formula is C30H41N3O7. The number of alkyl carbamates (subject to hydrolysis) is 1. The number of rotatable bonds is 10. The number of benzene rings is 2. The van der Waals surface area contributed by atoms with Crippen molar-refractivity contribution in [1.29, 1.82) is 0 Å². The summed E-state index contributed by atoms with van der Waals surface area (Å²) in [6.45, 7) is 12.0. The second-order valence-electron chi connectivity index (χ2n) is 11.0. The van der Waals surface area contributed by atoms with E-state index in [9.17, 15) is 24.3 Å². The van der Waals surface area contributed by atoms with E-state index in [1.807, 2.05) is 32.0 Å². The van der Waals surface area contributed by atoms with E-state index >= 15 is 0 Å². The molecule has 0 aliphatic carbocycles. The Bertz CT molecular complexity index is 1200. The van der Waals surface area contributed by atoms with Crippen LogP contribution in [-0.4, -0.2) is 65.2 Å². The van der Waals surface area contributed by atoms with Crippen molar-refractivity contribution in [3.63, 3.8) is 0 Å². The number of methoxy groups -OCH3 is 1. The summed E-state index contributed by atoms with van der Waals surface area (Å²) in [4.78, 5) is 54.0. The number of phenols is 1. The van der Waals surface area contributed by atoms with Gasteiger partial charge in [-0.1, -0.05) is 35.9 Å². The van der Waals surface area contributed by atoms with E-state index in [1.54, 1.807) is 46.8 Å². The molecule has 0 saturated heterocycles. The molecule has 2 atom stereocenters. The Labute approximate surface area is 236 Å². The van der Waals surface area contributed by atoms with Gasteiger partial charge < -0.3 is 30.1 Å². The molecule has 40 heavy (non-hydrogen) atoms. The number of ether oxygens (including phenoxy) is 2. The first-order valence-electron chi connectivity index (χ1n) is 13.1. The van der Waals surface area contributed by atoms with Gasteiger partial charge in [-0.15, -0.1) is 0 Å². The Balaban J connectivity index is 2.59. The van der Waals surface area contributed by atoms with E-state index < -0.39 is 47.6 Å². The van der Waals surface area contributed by atoms with E-state index in [1.165, 1.54) is 24.1 Å². The highest BCUT2D eigenvalue weighted by Gasteiger charge is 2.38. The standard InChI is InChI=1S/C30H41N3O7/c1-18(2)33(26(27(36)31-17-25(35)39-8)23-15-19(3)9-10-20(23)4)28(37)24(32-29(38)40-30(5,6)7)16-21-11-13-22(34)14-12-21/h9-15,18,24,26,34H,16-17H2,1-8H3,(H,31,36)(H,32,38). The third kappa shape index (κ3) is 9.29. The third-order valence-electron chi connectivity index (χ3n) is 6.07. The minimum atomic E-state index is -1.11. The van der Waals surface area contributed by atoms with Crippen LogP contribution in [0.4, 0.5) is 4.79 Å². The summed E-state index contributed by atoms with van der Waals surface area (Å²) in [6, 6.07) is 9.17. The van der Waals surface area contributed by atoms with Crippen molar-refractivity contribution in [1.82, 2.24) is 15.5 Å². The second kappa shape index (κ2) is 13.8. The van der Waals surface area contributed by atoms with Crippen LogP contribution in [-0.2, 0) is 30.3 Å². The minimum Gasteiger partial charge on any atom is -0.508 e. The normalized spacial score (nSPS) is 12.7. The number of phenolic OH excluding ortho intramolecular Hbond substituents is 1. The van der Waals surface area contributed by atoms with Gasteiger partial charge in [0.2, 0.25) is 11.8 Å². The van der Waals surface area contributed by atoms with Gasteiger partial charge in [0.25, 0.3) is 0 Å². The van der Waals surface area contributed by atoms with Crippen molar-refractivity contribution in [2.75, 3.05) is 13.7 Å². The average Bonchev–Trinajstić information content (AvgIpc) is 2.86. The van der Waals surface area contributed by atoms with Crippen molar-refractivity contribution in [2.45, 2.75) is 78.6 Å². The first kappa shape index (κ1) is 32.1. The Hall–Kier alpha value is -4.08. The Kier molecular flexibility index (Phi) is 11.1. The van der Waals surface area contributed by atoms with Crippen LogP contribution < -0.4 is 10.6 Å². The number of carbonyl (C=O) groups excluding carboxylic acids is 4. The van der Waals surface area contributed by atoms with Crippen molar-refractivity contribution in [3.8, 4) is 5.75 Å². The molecule has 2 unspecified atom stereocenters. The number of nitrogens with zero attached hydrogens (tertiary/aromatic N) is 1. The highest BCUT2D eigenvalue weighted by molar-refractivity contribution is 5.93. The molecule has 0 bridgehead atoms. The lowest BCUT2D eigenvalue weighted by atomic mass is 9.94. The maximum absolute atomic E-state index is 14.3. The molecule has 0 radical (unpaired) electrons. The first-order chi connectivity index (χ1) is 18.6. The molecule has 2 aromatic rings. The van der Waals surface area contributed by atoms with Crippen molar-refractivity contribution in [2.24, 2.45) is 0 Å². The molecule has 2 rings (SSSR count). The second-order valence-corrected chi connectivity index (χ2v) is 11.0. The van der Waals surface area contributed by atoms with E-state index in [-0.39, 0.29) is 18.7 Å². The summed E-state index contributed by atoms with van der Waals surface area (Å²) >= 11 is 0. The quantitative estimate of drug-likeness (QED) is 0.381. The highest BCUT2D eigenvalue weighted by Crippen LogP contribution is 2.29. The molecule has 2 aromatic carbocycles. The SMILES string of the molecule is COC(=O)CNC(=O)C(c1cc(C)ccc1C)N(C(=O)C(Cc1ccc(O)cc1)NC(=O)OC(C)(C)C)C(C)C. The maximum Gasteiger partial charge on any atom is 0.408 e. The van der Waals surface area contributed by atoms with Gasteiger partial charge in [-0.25, -0.2) is 4.79 Å². The predicted molar refractivity (Wildman–Crippen MR) is 151 cm³/mol. The highest BCUT2D eigenvalue weighted by atomic mass is 16.6. The summed E-state index contributed by atoms with van der Waals surface area (Å²) in [6.07, 6.45) is -0.711. The Morgan fingerprint density at radius 3 is 2.17 bits per heavy atom. The monoisotopic (exact) mass is 555 g/mol. The van der Waals surface area contributed by atoms with Gasteiger partial charge in [-0.05, 0) is 77.3 Å². The largest absolute Gasteiger partial charge is 0.508 e. The van der Waals surface area contributed by atoms with Crippen molar-refractivity contribution < 1.29 is 33.8 Å². The van der Waals surface area contributed by atoms with Crippen LogP contribution in [0.3, 0.4) is 0 Å². The number of hydrogen-bond donors (Lipinski definition) is 3. The van der Waals surface area contributed by atoms with E-state index in [0.717, 1.165) is 11.1 Å². The lowest BCUT2D eigenvalue weighted by Crippen LogP contribution is -2.56. The van der Waals surface area contributed by atoms with Crippen LogP contribution in [0.5, 0.6) is 5.75 Å². The molecule has 10 nitrogen and oxygen atoms in total. The van der Waals surface area contributed by atoms with E-state index in [0.29, 0.717) is 11.1 Å². The topological polar surface area (TPSA) is 134 Å². The van der Waals surface area contributed by atoms with Crippen LogP contribution in [0.15, 0.2) is 42.5 Å². The molecule has 0 saturated carbocycles. The number of hydrogen-bond acceptors (Lipinski definition) is 7. The lowest BCUT2D eigenvalue weighted by Gasteiger charge is -2.37. The van der Waals surface area contributed by atoms with Gasteiger partial charge in [0, 0.05) is 12.5 Å². The van der Waals surface area contributed by atoms with Crippen molar-refractivity contribution in [3.05, 3.63) is 64.7 Å². The number of aryl methyl sites for hydroxylation is 2. The molecular weight excluding hydrogens is 514 g/mol. The summed E-state index contributed by atoms with van der Waals surface area (Å²) in [5, 5.41) is 15.0. The number of carbonyl (C=O) groups is 4. The zero-order valence-corrected chi connectivity index (χ0v) is 24.5. The number of esters is 1. The average molecular weight is 556 g/mol. The van der Waals surface area contributed by atoms with Crippen LogP contribution in [0.25, 0.3) is 0 Å². The van der Waals surface area contributed by atoms with Gasteiger partial charge in [0.05, 0.1) is 7.11 Å². The fraction of sp³-hybridized carbons (Fsp3) is 0.467. The summed E-state index contributed by atoms with van der Waals surface area (Å²) in [5.74, 6) is -1.66. The summed E-state index contributed by atoms with van der Waals surface area (Å²) in [7, 11) is 1.22. The van der Waals surface area contributed by atoms with Crippen molar-refractivity contribution >= 4 is 23.9 Å². The summed E-state index contributed by atoms with van der Waals surface area (Å²) in [5.41, 5.74) is 2.12. The molecule has 10 heteroatoms. The maximum atomic E-state index is 14.3. The molecule has 0 aromatic heterocycles. The zero-order chi connectivity index (χ0) is 30.2. The molecule has 0 spiro atoms. The molecule has 0 aliphatic heterocycles. The number of amides is 3. The molecule has 0 fully saturated rings. The van der Waals surface area contributed by atoms with Crippen LogP contribution >= 0.6 is 0 Å². The van der Waals surface area contributed by atoms with Gasteiger partial charge >= 0.3 is 12.1 Å². The Morgan fingerprint density at radius 2 is 1.62 bits per heavy atom. The first-order valence-corrected chi connectivity index (χ1v) is 13.1. The molecule has 3 amide bonds. The minimum absolute atomic E-state index is 0.0628. The zero-order valence-electron chi connectivity index (χ0n) is 24.5. The molecule has 218 valence electrons. The number of aromatic hydroxyl groups is 1. The fourth-order valence-electron chi connectivity index (χ4n) is 4.18. The van der Waals surface area contributed by atoms with Gasteiger partial charge in [0.15, 0.2) is 0 Å². The molecule has 0 aliphatic rings. The summed E-state index contributed by atoms with van der Waals surface area (Å²) < 4.78 is 10.1. The predicted octanol–water partition coefficient (Wildman–Crippen LogP) is 3.71. The van der Waals surface area contributed by atoms with Gasteiger partial charge in [-0.2, -0.15) is 0 Å². The molecule has 0 heterocycles. The fourth-order valence-corrected chi connectivity index (χ4v) is 4.18. The Morgan fingerprint density at radius 1 is 1.00 bits per heavy atom. The van der Waals surface area contributed by atoms with Gasteiger partial charge in [-0.3, -0.25) is 14.4 Å². The van der Waals surface area contributed by atoms with Crippen LogP contribution in [0.2, 0.25) is 0 Å². The van der Waals surface area contributed by atoms with Crippen LogP contribution in [0.1, 0.15) is 62.9 Å². The number of nitrogens with one attached hydrogen (secondary N) is 2. The molecule has 3 N–H and O–H groups in total. The van der Waals surface area contributed by atoms with E-state index in [2.05, 4.69) is 15.4 Å².